The molecule has 168 valence electrons. The largest absolute Gasteiger partial charge is 0.412 e. The lowest BCUT2D eigenvalue weighted by atomic mass is 9.88. The van der Waals surface area contributed by atoms with Gasteiger partial charge in [0.15, 0.2) is 14.1 Å². The summed E-state index contributed by atoms with van der Waals surface area (Å²) in [6, 6.07) is 5.60. The van der Waals surface area contributed by atoms with Crippen LogP contribution in [0.3, 0.4) is 0 Å². The zero-order valence-corrected chi connectivity index (χ0v) is 20.5. The maximum absolute atomic E-state index is 15.3. The molecule has 30 heavy (non-hydrogen) atoms. The minimum atomic E-state index is -1.93. The zero-order chi connectivity index (χ0) is 21.9. The molecule has 2 aliphatic rings. The second-order valence-electron chi connectivity index (χ2n) is 10.4. The fourth-order valence-corrected chi connectivity index (χ4v) is 5.12. The molecule has 6 heteroatoms. The summed E-state index contributed by atoms with van der Waals surface area (Å²) in [6.45, 7) is 14.0. The summed E-state index contributed by atoms with van der Waals surface area (Å²) in [4.78, 5) is 16.9. The quantitative estimate of drug-likeness (QED) is 0.568. The third kappa shape index (κ3) is 5.25. The first-order valence-corrected chi connectivity index (χ1v) is 14.5. The van der Waals surface area contributed by atoms with Gasteiger partial charge in [0.1, 0.15) is 0 Å². The van der Waals surface area contributed by atoms with Gasteiger partial charge in [0, 0.05) is 37.7 Å². The van der Waals surface area contributed by atoms with Crippen molar-refractivity contribution in [1.82, 2.24) is 4.90 Å². The number of amides is 1. The molecule has 1 aliphatic heterocycles. The average Bonchev–Trinajstić information content (AvgIpc) is 2.72. The molecule has 1 saturated carbocycles. The first-order valence-electron chi connectivity index (χ1n) is 11.6. The van der Waals surface area contributed by atoms with Gasteiger partial charge >= 0.3 is 0 Å². The summed E-state index contributed by atoms with van der Waals surface area (Å²) in [5.74, 6) is 0.340. The van der Waals surface area contributed by atoms with Gasteiger partial charge in [-0.05, 0) is 37.0 Å². The summed E-state index contributed by atoms with van der Waals surface area (Å²) in [6.07, 6.45) is 5.66. The Morgan fingerprint density at radius 1 is 1.10 bits per heavy atom. The minimum Gasteiger partial charge on any atom is -0.412 e. The molecule has 0 unspecified atom stereocenters. The summed E-state index contributed by atoms with van der Waals surface area (Å²) >= 11 is 0. The average molecular weight is 435 g/mol. The molecule has 1 aromatic rings. The number of nitrogens with zero attached hydrogens (tertiary/aromatic N) is 2. The van der Waals surface area contributed by atoms with E-state index in [2.05, 4.69) is 38.8 Å². The zero-order valence-electron chi connectivity index (χ0n) is 19.5. The molecular weight excluding hydrogens is 395 g/mol. The summed E-state index contributed by atoms with van der Waals surface area (Å²) < 4.78 is 21.5. The first-order chi connectivity index (χ1) is 14.1. The molecular formula is C24H39FN2O2Si. The predicted molar refractivity (Wildman–Crippen MR) is 124 cm³/mol. The standard InChI is InChI=1S/C24H39FN2O2Si/c1-24(2,3)30(4,5)29-18-20-12-9-13-21(22(20)25)26-14-16-27(17-15-26)23(28)19-10-7-6-8-11-19/h9,12-13,19H,6-8,10-11,14-18H2,1-5H3. The van der Waals surface area contributed by atoms with Gasteiger partial charge in [0.05, 0.1) is 12.3 Å². The van der Waals surface area contributed by atoms with Crippen LogP contribution >= 0.6 is 0 Å². The Hall–Kier alpha value is -1.40. The number of anilines is 1. The van der Waals surface area contributed by atoms with Crippen molar-refractivity contribution in [2.45, 2.75) is 77.6 Å². The number of hydrogen-bond donors (Lipinski definition) is 0. The minimum absolute atomic E-state index is 0.0995. The molecule has 1 aromatic carbocycles. The molecule has 1 heterocycles. The van der Waals surface area contributed by atoms with Crippen molar-refractivity contribution < 1.29 is 13.6 Å². The maximum atomic E-state index is 15.3. The van der Waals surface area contributed by atoms with Gasteiger partial charge in [-0.15, -0.1) is 0 Å². The number of rotatable bonds is 5. The Labute approximate surface area is 182 Å². The van der Waals surface area contributed by atoms with Crippen molar-refractivity contribution in [1.29, 1.82) is 0 Å². The number of piperazine rings is 1. The second kappa shape index (κ2) is 9.39. The van der Waals surface area contributed by atoms with E-state index < -0.39 is 8.32 Å². The van der Waals surface area contributed by atoms with E-state index >= 15 is 4.39 Å². The van der Waals surface area contributed by atoms with Crippen LogP contribution in [-0.4, -0.2) is 45.3 Å². The third-order valence-electron chi connectivity index (χ3n) is 7.34. The maximum Gasteiger partial charge on any atom is 0.225 e. The molecule has 2 fully saturated rings. The Bertz CT molecular complexity index is 733. The van der Waals surface area contributed by atoms with E-state index in [1.54, 1.807) is 0 Å². The predicted octanol–water partition coefficient (Wildman–Crippen LogP) is 5.58. The number of carbonyl (C=O) groups is 1. The van der Waals surface area contributed by atoms with E-state index in [-0.39, 0.29) is 16.8 Å². The van der Waals surface area contributed by atoms with Gasteiger partial charge in [-0.25, -0.2) is 4.39 Å². The Kier molecular flexibility index (Phi) is 7.28. The van der Waals surface area contributed by atoms with Crippen molar-refractivity contribution in [3.63, 3.8) is 0 Å². The van der Waals surface area contributed by atoms with Crippen molar-refractivity contribution >= 4 is 19.9 Å². The fourth-order valence-electron chi connectivity index (χ4n) is 4.17. The molecule has 0 spiro atoms. The van der Waals surface area contributed by atoms with Gasteiger partial charge in [0.25, 0.3) is 0 Å². The number of hydrogen-bond acceptors (Lipinski definition) is 3. The fraction of sp³-hybridized carbons (Fsp3) is 0.708. The molecule has 1 saturated heterocycles. The highest BCUT2D eigenvalue weighted by Crippen LogP contribution is 2.37. The van der Waals surface area contributed by atoms with Crippen LogP contribution < -0.4 is 4.90 Å². The van der Waals surface area contributed by atoms with Gasteiger partial charge in [0.2, 0.25) is 5.91 Å². The molecule has 0 radical (unpaired) electrons. The molecule has 3 rings (SSSR count). The number of benzene rings is 1. The van der Waals surface area contributed by atoms with E-state index in [4.69, 9.17) is 4.43 Å². The van der Waals surface area contributed by atoms with E-state index in [9.17, 15) is 4.79 Å². The molecule has 0 aromatic heterocycles. The topological polar surface area (TPSA) is 32.8 Å². The number of carbonyl (C=O) groups excluding carboxylic acids is 1. The third-order valence-corrected chi connectivity index (χ3v) is 11.8. The van der Waals surface area contributed by atoms with Crippen LogP contribution in [0, 0.1) is 11.7 Å². The van der Waals surface area contributed by atoms with Crippen molar-refractivity contribution in [2.75, 3.05) is 31.1 Å². The van der Waals surface area contributed by atoms with Gasteiger partial charge in [-0.1, -0.05) is 52.2 Å². The second-order valence-corrected chi connectivity index (χ2v) is 15.3. The Morgan fingerprint density at radius 3 is 2.33 bits per heavy atom. The molecule has 1 amide bonds. The highest BCUT2D eigenvalue weighted by Gasteiger charge is 2.37. The van der Waals surface area contributed by atoms with Crippen LogP contribution in [0.2, 0.25) is 18.1 Å². The van der Waals surface area contributed by atoms with Crippen molar-refractivity contribution in [3.8, 4) is 0 Å². The Morgan fingerprint density at radius 2 is 1.73 bits per heavy atom. The van der Waals surface area contributed by atoms with Crippen LogP contribution in [0.25, 0.3) is 0 Å². The SMILES string of the molecule is CC(C)(C)[Si](C)(C)OCc1cccc(N2CCN(C(=O)C3CCCCC3)CC2)c1F. The highest BCUT2D eigenvalue weighted by molar-refractivity contribution is 6.74. The lowest BCUT2D eigenvalue weighted by Crippen LogP contribution is -2.50. The monoisotopic (exact) mass is 434 g/mol. The van der Waals surface area contributed by atoms with Crippen molar-refractivity contribution in [2.24, 2.45) is 5.92 Å². The summed E-state index contributed by atoms with van der Waals surface area (Å²) in [5.41, 5.74) is 1.26. The van der Waals surface area contributed by atoms with Crippen LogP contribution in [-0.2, 0) is 15.8 Å². The molecule has 0 bridgehead atoms. The van der Waals surface area contributed by atoms with Crippen LogP contribution in [0.4, 0.5) is 10.1 Å². The first kappa shape index (κ1) is 23.3. The van der Waals surface area contributed by atoms with Crippen LogP contribution in [0.5, 0.6) is 0 Å². The lowest BCUT2D eigenvalue weighted by Gasteiger charge is -2.38. The number of halogens is 1. The van der Waals surface area contributed by atoms with Gasteiger partial charge < -0.3 is 14.2 Å². The normalized spacial score (nSPS) is 19.3. The van der Waals surface area contributed by atoms with Crippen molar-refractivity contribution in [3.05, 3.63) is 29.6 Å². The van der Waals surface area contributed by atoms with Crippen LogP contribution in [0.1, 0.15) is 58.4 Å². The van der Waals surface area contributed by atoms with Crippen LogP contribution in [0.15, 0.2) is 18.2 Å². The van der Waals surface area contributed by atoms with Gasteiger partial charge in [-0.3, -0.25) is 4.79 Å². The Balaban J connectivity index is 1.61. The van der Waals surface area contributed by atoms with E-state index in [0.29, 0.717) is 49.9 Å². The molecule has 0 N–H and O–H groups in total. The molecule has 1 aliphatic carbocycles. The highest BCUT2D eigenvalue weighted by atomic mass is 28.4. The lowest BCUT2D eigenvalue weighted by molar-refractivity contribution is -0.136. The summed E-state index contributed by atoms with van der Waals surface area (Å²) in [7, 11) is -1.93. The molecule has 4 nitrogen and oxygen atoms in total. The van der Waals surface area contributed by atoms with E-state index in [1.165, 1.54) is 19.3 Å². The molecule has 0 atom stereocenters. The van der Waals surface area contributed by atoms with E-state index in [0.717, 1.165) is 12.8 Å². The van der Waals surface area contributed by atoms with Gasteiger partial charge in [-0.2, -0.15) is 0 Å². The smallest absolute Gasteiger partial charge is 0.225 e. The van der Waals surface area contributed by atoms with E-state index in [1.807, 2.05) is 23.1 Å². The summed E-state index contributed by atoms with van der Waals surface area (Å²) in [5, 5.41) is 0.0995.